The van der Waals surface area contributed by atoms with Crippen molar-refractivity contribution in [3.63, 3.8) is 0 Å². The lowest BCUT2D eigenvalue weighted by Crippen LogP contribution is -2.29. The fourth-order valence-corrected chi connectivity index (χ4v) is 9.91. The lowest BCUT2D eigenvalue weighted by molar-refractivity contribution is 0.627. The average molecular weight is 924 g/mol. The van der Waals surface area contributed by atoms with Crippen LogP contribution in [0.1, 0.15) is 63.1 Å². The van der Waals surface area contributed by atoms with Gasteiger partial charge in [0, 0.05) is 68.9 Å². The van der Waals surface area contributed by atoms with E-state index >= 15 is 0 Å². The van der Waals surface area contributed by atoms with Crippen molar-refractivity contribution in [3.8, 4) is 0 Å². The minimum atomic E-state index is -0.256. The molecular weight excluding hydrogens is 865 g/mol. The van der Waals surface area contributed by atoms with Gasteiger partial charge < -0.3 is 20.0 Å². The van der Waals surface area contributed by atoms with Crippen LogP contribution in [-0.4, -0.2) is 12.1 Å². The zero-order chi connectivity index (χ0) is 48.7. The highest BCUT2D eigenvalue weighted by Gasteiger charge is 2.36. The van der Waals surface area contributed by atoms with Crippen LogP contribution in [0.25, 0.3) is 11.1 Å². The van der Waals surface area contributed by atoms with Gasteiger partial charge in [-0.2, -0.15) is 0 Å². The lowest BCUT2D eigenvalue weighted by Gasteiger charge is -2.29. The molecule has 0 saturated heterocycles. The molecule has 3 unspecified atom stereocenters. The number of nitrogens with zero attached hydrogens (tertiary/aromatic N) is 4. The van der Waals surface area contributed by atoms with E-state index in [1.54, 1.807) is 0 Å². The van der Waals surface area contributed by atoms with Crippen molar-refractivity contribution in [1.82, 2.24) is 5.32 Å². The summed E-state index contributed by atoms with van der Waals surface area (Å²) in [7, 11) is 0. The maximum absolute atomic E-state index is 14.1. The van der Waals surface area contributed by atoms with E-state index in [-0.39, 0.29) is 29.6 Å². The number of hydrogen-bond acceptors (Lipinski definition) is 5. The van der Waals surface area contributed by atoms with Gasteiger partial charge in [0.15, 0.2) is 0 Å². The zero-order valence-electron chi connectivity index (χ0n) is 40.3. The van der Waals surface area contributed by atoms with Crippen LogP contribution in [0.4, 0.5) is 48.6 Å². The highest BCUT2D eigenvalue weighted by molar-refractivity contribution is 5.92. The molecule has 70 heavy (non-hydrogen) atoms. The molecule has 2 heterocycles. The van der Waals surface area contributed by atoms with Gasteiger partial charge in [0.25, 0.3) is 0 Å². The van der Waals surface area contributed by atoms with E-state index in [2.05, 4.69) is 180 Å². The van der Waals surface area contributed by atoms with Gasteiger partial charge in [0.2, 0.25) is 0 Å². The first kappa shape index (κ1) is 46.9. The van der Waals surface area contributed by atoms with Gasteiger partial charge in [-0.15, -0.1) is 0 Å². The van der Waals surface area contributed by atoms with Crippen LogP contribution in [0.15, 0.2) is 243 Å². The minimum absolute atomic E-state index is 0.0112. The van der Waals surface area contributed by atoms with Crippen LogP contribution in [0, 0.1) is 11.6 Å². The standard InChI is InChI=1S/C63H59F2N5/c1-7-10-24-60-45(5)58-42-56(40-41-62(58)70(60)55-38-31-49(65)32-39-55)68(51-19-13-11-14-20-51)54-34-27-47(28-35-54)44(4)26-33-50(8-2)69(52-21-15-12-16-22-52)63(9-3)66-43-59-46(6)67(53-36-29-48(64)30-37-53)61-25-18-17-23-57(59)61/h7-10,12-13,15-43,45-46,60,66H,1-2,11,14H2,3-6H3/b24-10-,44-26+,50-33+,59-43+,63-9+. The first-order valence-corrected chi connectivity index (χ1v) is 24.1. The second-order valence-electron chi connectivity index (χ2n) is 17.8. The first-order valence-electron chi connectivity index (χ1n) is 24.1. The Morgan fingerprint density at radius 3 is 2.04 bits per heavy atom. The number of benzene rings is 6. The van der Waals surface area contributed by atoms with Crippen molar-refractivity contribution in [2.75, 3.05) is 19.6 Å². The third-order valence-electron chi connectivity index (χ3n) is 13.5. The predicted molar refractivity (Wildman–Crippen MR) is 292 cm³/mol. The summed E-state index contributed by atoms with van der Waals surface area (Å²) in [5, 5.41) is 3.69. The van der Waals surface area contributed by atoms with Crippen LogP contribution in [0.3, 0.4) is 0 Å². The molecule has 6 aromatic carbocycles. The Labute approximate surface area is 412 Å². The number of fused-ring (bicyclic) bond motifs is 2. The largest absolute Gasteiger partial charge is 0.348 e. The maximum Gasteiger partial charge on any atom is 0.123 e. The third-order valence-corrected chi connectivity index (χ3v) is 13.5. The summed E-state index contributed by atoms with van der Waals surface area (Å²) < 4.78 is 28.1. The van der Waals surface area contributed by atoms with Crippen LogP contribution in [0.5, 0.6) is 0 Å². The molecule has 0 amide bonds. The van der Waals surface area contributed by atoms with Crippen molar-refractivity contribution >= 4 is 51.0 Å². The molecule has 0 bridgehead atoms. The first-order chi connectivity index (χ1) is 34.2. The molecular formula is C63H59F2N5. The predicted octanol–water partition coefficient (Wildman–Crippen LogP) is 16.7. The normalized spacial score (nSPS) is 18.5. The summed E-state index contributed by atoms with van der Waals surface area (Å²) in [5.41, 5.74) is 14.9. The van der Waals surface area contributed by atoms with Gasteiger partial charge in [-0.05, 0) is 177 Å². The molecule has 2 aliphatic heterocycles. The van der Waals surface area contributed by atoms with Crippen molar-refractivity contribution in [3.05, 3.63) is 271 Å². The van der Waals surface area contributed by atoms with E-state index in [0.717, 1.165) is 92.1 Å². The number of hydrogen-bond donors (Lipinski definition) is 1. The highest BCUT2D eigenvalue weighted by atomic mass is 19.1. The second kappa shape index (κ2) is 21.0. The maximum atomic E-state index is 14.1. The Hall–Kier alpha value is -8.16. The van der Waals surface area contributed by atoms with E-state index in [0.29, 0.717) is 0 Å². The topological polar surface area (TPSA) is 25.0 Å². The van der Waals surface area contributed by atoms with E-state index in [4.69, 9.17) is 0 Å². The summed E-state index contributed by atoms with van der Waals surface area (Å²) in [6.45, 7) is 16.8. The second-order valence-corrected chi connectivity index (χ2v) is 17.8. The van der Waals surface area contributed by atoms with E-state index in [1.165, 1.54) is 29.8 Å². The molecule has 6 aromatic rings. The van der Waals surface area contributed by atoms with E-state index < -0.39 is 0 Å². The Kier molecular flexibility index (Phi) is 14.1. The number of rotatable bonds is 15. The van der Waals surface area contributed by atoms with Crippen molar-refractivity contribution in [1.29, 1.82) is 0 Å². The molecule has 0 spiro atoms. The molecule has 1 N–H and O–H groups in total. The Morgan fingerprint density at radius 2 is 1.39 bits per heavy atom. The SMILES string of the molecule is C=C/C=C\C1C(C)c2cc(N(C3=CCCC=C3)c3ccc(/C(C)=C/C=C(\C=C)N(/C(=C/C)N/C=C4/c5ccccc5N(c5ccc(F)cc5)C4C)c4ccccc4)cc3)ccc2N1c1ccc(F)cc1. The number of allylic oxidation sites excluding steroid dienone is 10. The number of nitrogens with one attached hydrogen (secondary N) is 1. The summed E-state index contributed by atoms with van der Waals surface area (Å²) in [6, 6.07) is 47.7. The average Bonchev–Trinajstić information content (AvgIpc) is 3.84. The Morgan fingerprint density at radius 1 is 0.714 bits per heavy atom. The smallest absolute Gasteiger partial charge is 0.123 e. The molecule has 350 valence electrons. The lowest BCUT2D eigenvalue weighted by atomic mass is 9.95. The summed E-state index contributed by atoms with van der Waals surface area (Å²) in [5.74, 6) is 0.525. The van der Waals surface area contributed by atoms with Gasteiger partial charge in [0.1, 0.15) is 17.5 Å². The fourth-order valence-electron chi connectivity index (χ4n) is 9.91. The number of halogens is 2. The summed E-state index contributed by atoms with van der Waals surface area (Å²) in [6.07, 6.45) is 25.1. The van der Waals surface area contributed by atoms with Crippen molar-refractivity contribution in [2.24, 2.45) is 0 Å². The molecule has 5 nitrogen and oxygen atoms in total. The van der Waals surface area contributed by atoms with Gasteiger partial charge in [-0.1, -0.05) is 105 Å². The van der Waals surface area contributed by atoms with Gasteiger partial charge in [-0.25, -0.2) is 8.78 Å². The van der Waals surface area contributed by atoms with Crippen LogP contribution in [0.2, 0.25) is 0 Å². The molecule has 9 rings (SSSR count). The molecule has 3 aliphatic rings. The van der Waals surface area contributed by atoms with E-state index in [1.807, 2.05) is 73.7 Å². The monoisotopic (exact) mass is 923 g/mol. The number of anilines is 7. The molecule has 7 heteroatoms. The van der Waals surface area contributed by atoms with Gasteiger partial charge in [-0.3, -0.25) is 4.90 Å². The van der Waals surface area contributed by atoms with Gasteiger partial charge >= 0.3 is 0 Å². The highest BCUT2D eigenvalue weighted by Crippen LogP contribution is 2.49. The van der Waals surface area contributed by atoms with E-state index in [9.17, 15) is 8.78 Å². The van der Waals surface area contributed by atoms with Crippen LogP contribution in [-0.2, 0) is 0 Å². The fraction of sp³-hybridized carbons (Fsp3) is 0.143. The zero-order valence-corrected chi connectivity index (χ0v) is 40.3. The summed E-state index contributed by atoms with van der Waals surface area (Å²) >= 11 is 0. The Balaban J connectivity index is 1.01. The molecule has 0 aromatic heterocycles. The quantitative estimate of drug-likeness (QED) is 0.104. The van der Waals surface area contributed by atoms with Crippen molar-refractivity contribution in [2.45, 2.75) is 58.5 Å². The minimum Gasteiger partial charge on any atom is -0.348 e. The Bertz CT molecular complexity index is 3080. The van der Waals surface area contributed by atoms with Crippen LogP contribution >= 0.6 is 0 Å². The van der Waals surface area contributed by atoms with Gasteiger partial charge in [0.05, 0.1) is 12.1 Å². The molecule has 3 atom stereocenters. The third kappa shape index (κ3) is 9.48. The van der Waals surface area contributed by atoms with Crippen molar-refractivity contribution < 1.29 is 8.78 Å². The summed E-state index contributed by atoms with van der Waals surface area (Å²) in [4.78, 5) is 9.08. The molecule has 0 saturated carbocycles. The number of para-hydroxylation sites is 2. The van der Waals surface area contributed by atoms with Crippen LogP contribution < -0.4 is 24.9 Å². The molecule has 0 fully saturated rings. The molecule has 0 radical (unpaired) electrons. The molecule has 1 aliphatic carbocycles.